The molecule has 1 aliphatic carbocycles. The first kappa shape index (κ1) is 17.5. The topological polar surface area (TPSA) is 64.7 Å². The lowest BCUT2D eigenvalue weighted by molar-refractivity contribution is 0.0923. The molecule has 4 rings (SSSR count). The number of rotatable bonds is 3. The van der Waals surface area contributed by atoms with Gasteiger partial charge < -0.3 is 5.32 Å². The zero-order valence-corrected chi connectivity index (χ0v) is 16.3. The van der Waals surface area contributed by atoms with Crippen molar-refractivity contribution in [2.45, 2.75) is 39.2 Å². The predicted molar refractivity (Wildman–Crippen MR) is 104 cm³/mol. The molecule has 0 radical (unpaired) electrons. The fourth-order valence-electron chi connectivity index (χ4n) is 4.08. The van der Waals surface area contributed by atoms with Crippen molar-refractivity contribution >= 4 is 5.91 Å². The number of carbonyl (C=O) groups excluding carboxylic acids is 1. The summed E-state index contributed by atoms with van der Waals surface area (Å²) in [6, 6.07) is 10.3. The standard InChI is InChI=1S/C21H25N5O/c1-13-20(14(2)25(3)23-13)18-12-19(26(4)24-18)21(27)22-17-11-7-9-15-8-5-6-10-16(15)17/h5-6,8,10,12,17H,7,9,11H2,1-4H3,(H,22,27)/t17-/m0/s1. The van der Waals surface area contributed by atoms with Crippen LogP contribution < -0.4 is 5.32 Å². The predicted octanol–water partition coefficient (Wildman–Crippen LogP) is 3.24. The molecule has 1 amide bonds. The van der Waals surface area contributed by atoms with E-state index < -0.39 is 0 Å². The molecule has 6 nitrogen and oxygen atoms in total. The van der Waals surface area contributed by atoms with Crippen LogP contribution in [0.5, 0.6) is 0 Å². The molecular weight excluding hydrogens is 338 g/mol. The molecule has 1 aliphatic rings. The van der Waals surface area contributed by atoms with Crippen LogP contribution in [-0.4, -0.2) is 25.5 Å². The molecule has 0 fully saturated rings. The highest BCUT2D eigenvalue weighted by Gasteiger charge is 2.24. The maximum absolute atomic E-state index is 13.0. The van der Waals surface area contributed by atoms with Gasteiger partial charge in [-0.05, 0) is 50.3 Å². The van der Waals surface area contributed by atoms with E-state index in [2.05, 4.69) is 33.7 Å². The Morgan fingerprint density at radius 2 is 1.93 bits per heavy atom. The highest BCUT2D eigenvalue weighted by atomic mass is 16.2. The number of hydrogen-bond donors (Lipinski definition) is 1. The van der Waals surface area contributed by atoms with Crippen molar-refractivity contribution in [3.8, 4) is 11.3 Å². The minimum absolute atomic E-state index is 0.0580. The second kappa shape index (κ2) is 6.68. The summed E-state index contributed by atoms with van der Waals surface area (Å²) in [5, 5.41) is 12.2. The van der Waals surface area contributed by atoms with Gasteiger partial charge in [-0.25, -0.2) is 0 Å². The Bertz CT molecular complexity index is 1010. The van der Waals surface area contributed by atoms with Crippen LogP contribution in [0.25, 0.3) is 11.3 Å². The van der Waals surface area contributed by atoms with Crippen LogP contribution in [-0.2, 0) is 20.5 Å². The molecule has 0 aliphatic heterocycles. The quantitative estimate of drug-likeness (QED) is 0.777. The number of aromatic nitrogens is 4. The molecule has 0 bridgehead atoms. The van der Waals surface area contributed by atoms with E-state index >= 15 is 0 Å². The minimum atomic E-state index is -0.0860. The second-order valence-electron chi connectivity index (χ2n) is 7.32. The number of benzene rings is 1. The van der Waals surface area contributed by atoms with Gasteiger partial charge >= 0.3 is 0 Å². The van der Waals surface area contributed by atoms with Crippen molar-refractivity contribution in [2.24, 2.45) is 14.1 Å². The van der Waals surface area contributed by atoms with Crippen LogP contribution in [0, 0.1) is 13.8 Å². The number of nitrogens with zero attached hydrogens (tertiary/aromatic N) is 4. The highest BCUT2D eigenvalue weighted by molar-refractivity contribution is 5.94. The smallest absolute Gasteiger partial charge is 0.270 e. The number of fused-ring (bicyclic) bond motifs is 1. The molecular formula is C21H25N5O. The van der Waals surface area contributed by atoms with E-state index in [4.69, 9.17) is 0 Å². The van der Waals surface area contributed by atoms with Crippen LogP contribution in [0.1, 0.15) is 51.9 Å². The molecule has 0 saturated carbocycles. The van der Waals surface area contributed by atoms with E-state index in [0.717, 1.165) is 41.9 Å². The molecule has 0 saturated heterocycles. The first-order chi connectivity index (χ1) is 13.0. The van der Waals surface area contributed by atoms with Gasteiger partial charge in [-0.2, -0.15) is 10.2 Å². The van der Waals surface area contributed by atoms with Crippen LogP contribution in [0.4, 0.5) is 0 Å². The van der Waals surface area contributed by atoms with Crippen molar-refractivity contribution in [2.75, 3.05) is 0 Å². The minimum Gasteiger partial charge on any atom is -0.344 e. The van der Waals surface area contributed by atoms with Crippen molar-refractivity contribution in [1.29, 1.82) is 0 Å². The van der Waals surface area contributed by atoms with Crippen LogP contribution in [0.15, 0.2) is 30.3 Å². The lowest BCUT2D eigenvalue weighted by atomic mass is 9.87. The normalized spacial score (nSPS) is 16.2. The van der Waals surface area contributed by atoms with E-state index in [9.17, 15) is 4.79 Å². The average molecular weight is 363 g/mol. The van der Waals surface area contributed by atoms with E-state index in [0.29, 0.717) is 5.69 Å². The van der Waals surface area contributed by atoms with Crippen molar-refractivity contribution in [3.63, 3.8) is 0 Å². The molecule has 2 heterocycles. The van der Waals surface area contributed by atoms with Crippen molar-refractivity contribution < 1.29 is 4.79 Å². The molecule has 0 unspecified atom stereocenters. The molecule has 1 atom stereocenters. The highest BCUT2D eigenvalue weighted by Crippen LogP contribution is 2.30. The maximum Gasteiger partial charge on any atom is 0.270 e. The molecule has 1 N–H and O–H groups in total. The number of amides is 1. The van der Waals surface area contributed by atoms with Gasteiger partial charge in [0.1, 0.15) is 5.69 Å². The van der Waals surface area contributed by atoms with Gasteiger partial charge in [0, 0.05) is 25.4 Å². The first-order valence-corrected chi connectivity index (χ1v) is 9.39. The molecule has 0 spiro atoms. The fraction of sp³-hybridized carbons (Fsp3) is 0.381. The van der Waals surface area contributed by atoms with E-state index in [1.54, 1.807) is 4.68 Å². The zero-order valence-electron chi connectivity index (χ0n) is 16.3. The molecule has 140 valence electrons. The van der Waals surface area contributed by atoms with E-state index in [-0.39, 0.29) is 11.9 Å². The van der Waals surface area contributed by atoms with Crippen LogP contribution in [0.3, 0.4) is 0 Å². The maximum atomic E-state index is 13.0. The summed E-state index contributed by atoms with van der Waals surface area (Å²) in [5.41, 5.74) is 6.88. The van der Waals surface area contributed by atoms with E-state index in [1.807, 2.05) is 44.8 Å². The molecule has 3 aromatic rings. The first-order valence-electron chi connectivity index (χ1n) is 9.39. The van der Waals surface area contributed by atoms with Crippen LogP contribution in [0.2, 0.25) is 0 Å². The van der Waals surface area contributed by atoms with Gasteiger partial charge in [0.05, 0.1) is 17.4 Å². The number of carbonyl (C=O) groups is 1. The Morgan fingerprint density at radius 3 is 2.67 bits per heavy atom. The van der Waals surface area contributed by atoms with Gasteiger partial charge in [-0.3, -0.25) is 14.2 Å². The summed E-state index contributed by atoms with van der Waals surface area (Å²) in [5.74, 6) is -0.0860. The summed E-state index contributed by atoms with van der Waals surface area (Å²) in [4.78, 5) is 13.0. The summed E-state index contributed by atoms with van der Waals surface area (Å²) < 4.78 is 3.50. The summed E-state index contributed by atoms with van der Waals surface area (Å²) in [7, 11) is 3.73. The average Bonchev–Trinajstić information content (AvgIpc) is 3.14. The molecule has 2 aromatic heterocycles. The zero-order chi connectivity index (χ0) is 19.1. The Hall–Kier alpha value is -2.89. The van der Waals surface area contributed by atoms with Gasteiger partial charge in [0.2, 0.25) is 0 Å². The van der Waals surface area contributed by atoms with Crippen molar-refractivity contribution in [1.82, 2.24) is 24.9 Å². The Morgan fingerprint density at radius 1 is 1.15 bits per heavy atom. The largest absolute Gasteiger partial charge is 0.344 e. The van der Waals surface area contributed by atoms with Gasteiger partial charge in [-0.15, -0.1) is 0 Å². The van der Waals surface area contributed by atoms with Gasteiger partial charge in [0.25, 0.3) is 5.91 Å². The molecule has 27 heavy (non-hydrogen) atoms. The van der Waals surface area contributed by atoms with E-state index in [1.165, 1.54) is 11.1 Å². The summed E-state index contributed by atoms with van der Waals surface area (Å²) in [6.45, 7) is 3.98. The van der Waals surface area contributed by atoms with Crippen LogP contribution >= 0.6 is 0 Å². The number of hydrogen-bond acceptors (Lipinski definition) is 3. The number of aryl methyl sites for hydroxylation is 4. The summed E-state index contributed by atoms with van der Waals surface area (Å²) in [6.07, 6.45) is 3.14. The third-order valence-corrected chi connectivity index (χ3v) is 5.55. The van der Waals surface area contributed by atoms with Gasteiger partial charge in [0.15, 0.2) is 0 Å². The lowest BCUT2D eigenvalue weighted by Gasteiger charge is -2.26. The lowest BCUT2D eigenvalue weighted by Crippen LogP contribution is -2.32. The van der Waals surface area contributed by atoms with Gasteiger partial charge in [-0.1, -0.05) is 24.3 Å². The number of nitrogens with one attached hydrogen (secondary N) is 1. The Balaban J connectivity index is 1.62. The SMILES string of the molecule is Cc1nn(C)c(C)c1-c1cc(C(=O)N[C@H]2CCCc3ccccc32)n(C)n1. The molecule has 6 heteroatoms. The second-order valence-corrected chi connectivity index (χ2v) is 7.32. The fourth-order valence-corrected chi connectivity index (χ4v) is 4.08. The van der Waals surface area contributed by atoms with Crippen molar-refractivity contribution in [3.05, 3.63) is 58.5 Å². The third-order valence-electron chi connectivity index (χ3n) is 5.55. The third kappa shape index (κ3) is 3.05. The molecule has 1 aromatic carbocycles. The monoisotopic (exact) mass is 363 g/mol. The summed E-state index contributed by atoms with van der Waals surface area (Å²) >= 11 is 0. The Kier molecular flexibility index (Phi) is 4.34. The Labute approximate surface area is 159 Å².